The van der Waals surface area contributed by atoms with Crippen LogP contribution in [-0.4, -0.2) is 28.3 Å². The van der Waals surface area contributed by atoms with E-state index in [2.05, 4.69) is 20.4 Å². The molecular weight excluding hydrogens is 309 g/mol. The van der Waals surface area contributed by atoms with Crippen LogP contribution >= 0.6 is 23.2 Å². The maximum atomic E-state index is 11.9. The molecule has 1 aromatic carbocycles. The average Bonchev–Trinajstić information content (AvgIpc) is 2.42. The van der Waals surface area contributed by atoms with Crippen molar-refractivity contribution >= 4 is 45.9 Å². The molecule has 0 aliphatic rings. The summed E-state index contributed by atoms with van der Waals surface area (Å²) in [6.45, 7) is 1.62. The Bertz CT molecular complexity index is 693. The van der Waals surface area contributed by atoms with Gasteiger partial charge in [-0.3, -0.25) is 0 Å². The van der Waals surface area contributed by atoms with Crippen LogP contribution in [0.1, 0.15) is 15.9 Å². The Morgan fingerprint density at radius 3 is 2.60 bits per heavy atom. The number of aromatic nitrogens is 2. The van der Waals surface area contributed by atoms with Crippen LogP contribution in [0.15, 0.2) is 6.07 Å². The summed E-state index contributed by atoms with van der Waals surface area (Å²) in [5.74, 6) is -0.623. The van der Waals surface area contributed by atoms with Crippen LogP contribution in [0, 0.1) is 6.92 Å². The highest BCUT2D eigenvalue weighted by atomic mass is 35.5. The van der Waals surface area contributed by atoms with Gasteiger partial charge in [0.2, 0.25) is 0 Å². The largest absolute Gasteiger partial charge is 0.465 e. The van der Waals surface area contributed by atoms with E-state index in [-0.39, 0.29) is 21.4 Å². The van der Waals surface area contributed by atoms with Crippen LogP contribution in [0.25, 0.3) is 11.0 Å². The first-order valence-electron chi connectivity index (χ1n) is 5.30. The molecule has 9 heteroatoms. The van der Waals surface area contributed by atoms with Crippen molar-refractivity contribution in [3.63, 3.8) is 0 Å². The van der Waals surface area contributed by atoms with E-state index in [0.29, 0.717) is 16.8 Å². The second-order valence-electron chi connectivity index (χ2n) is 3.78. The average molecular weight is 318 g/mol. The smallest absolute Gasteiger partial charge is 0.340 e. The summed E-state index contributed by atoms with van der Waals surface area (Å²) in [7, 11) is 1.24. The van der Waals surface area contributed by atoms with Gasteiger partial charge in [-0.05, 0) is 18.6 Å². The van der Waals surface area contributed by atoms with E-state index in [1.165, 1.54) is 13.2 Å². The lowest BCUT2D eigenvalue weighted by atomic mass is 10.0. The van der Waals surface area contributed by atoms with Gasteiger partial charge in [0.1, 0.15) is 5.52 Å². The van der Waals surface area contributed by atoms with E-state index in [4.69, 9.17) is 33.2 Å². The molecular formula is C11H9Cl2N3O4. The summed E-state index contributed by atoms with van der Waals surface area (Å²) in [5, 5.41) is 8.46. The fourth-order valence-electron chi connectivity index (χ4n) is 1.76. The minimum absolute atomic E-state index is 0.00491. The summed E-state index contributed by atoms with van der Waals surface area (Å²) in [5.41, 5.74) is 3.68. The highest BCUT2D eigenvalue weighted by Gasteiger charge is 2.20. The zero-order valence-corrected chi connectivity index (χ0v) is 11.9. The molecule has 0 saturated heterocycles. The Morgan fingerprint density at radius 1 is 1.35 bits per heavy atom. The van der Waals surface area contributed by atoms with Gasteiger partial charge >= 0.3 is 5.97 Å². The molecule has 2 rings (SSSR count). The SMILES string of the molecule is COC(=O)c1c(C)c(NOO)cc2nc(Cl)c(Cl)nc12. The number of nitrogens with one attached hydrogen (secondary N) is 1. The Hall–Kier alpha value is -1.67. The molecule has 0 amide bonds. The standard InChI is InChI=1S/C11H9Cl2N3O4/c1-4-5(16-20-18)3-6-8(7(4)11(17)19-2)15-10(13)9(12)14-6/h3,16,18H,1-2H3. The van der Waals surface area contributed by atoms with E-state index in [1.54, 1.807) is 6.92 Å². The van der Waals surface area contributed by atoms with Gasteiger partial charge in [-0.15, -0.1) is 4.99 Å². The molecule has 1 heterocycles. The van der Waals surface area contributed by atoms with E-state index in [9.17, 15) is 4.79 Å². The maximum Gasteiger partial charge on any atom is 0.340 e. The molecule has 0 spiro atoms. The number of carbonyl (C=O) groups excluding carboxylic acids is 1. The zero-order chi connectivity index (χ0) is 14.9. The minimum atomic E-state index is -0.623. The number of halogens is 2. The number of anilines is 1. The monoisotopic (exact) mass is 317 g/mol. The molecule has 106 valence electrons. The van der Waals surface area contributed by atoms with Crippen molar-refractivity contribution in [3.05, 3.63) is 27.5 Å². The van der Waals surface area contributed by atoms with Crippen LogP contribution in [0.5, 0.6) is 0 Å². The zero-order valence-electron chi connectivity index (χ0n) is 10.4. The van der Waals surface area contributed by atoms with Crippen LogP contribution in [0.4, 0.5) is 5.69 Å². The molecule has 7 nitrogen and oxygen atoms in total. The van der Waals surface area contributed by atoms with E-state index in [0.717, 1.165) is 0 Å². The molecule has 0 saturated carbocycles. The third-order valence-electron chi connectivity index (χ3n) is 2.68. The van der Waals surface area contributed by atoms with Crippen molar-refractivity contribution in [1.29, 1.82) is 0 Å². The van der Waals surface area contributed by atoms with Gasteiger partial charge in [0.15, 0.2) is 10.3 Å². The van der Waals surface area contributed by atoms with Crippen molar-refractivity contribution in [3.8, 4) is 0 Å². The number of rotatable bonds is 3. The van der Waals surface area contributed by atoms with Gasteiger partial charge in [0.05, 0.1) is 23.9 Å². The fraction of sp³-hybridized carbons (Fsp3) is 0.182. The Labute approximate surface area is 123 Å². The van der Waals surface area contributed by atoms with Gasteiger partial charge in [-0.1, -0.05) is 23.2 Å². The molecule has 0 fully saturated rings. The molecule has 0 aliphatic carbocycles. The summed E-state index contributed by atoms with van der Waals surface area (Å²) < 4.78 is 4.71. The lowest BCUT2D eigenvalue weighted by Gasteiger charge is -2.12. The third-order valence-corrected chi connectivity index (χ3v) is 3.31. The van der Waals surface area contributed by atoms with E-state index >= 15 is 0 Å². The number of carbonyl (C=O) groups is 1. The number of hydrogen-bond donors (Lipinski definition) is 2. The van der Waals surface area contributed by atoms with Crippen LogP contribution in [0.3, 0.4) is 0 Å². The Morgan fingerprint density at radius 2 is 2.00 bits per heavy atom. The number of fused-ring (bicyclic) bond motifs is 1. The van der Waals surface area contributed by atoms with Gasteiger partial charge in [0.25, 0.3) is 0 Å². The summed E-state index contributed by atoms with van der Waals surface area (Å²) in [6.07, 6.45) is 0. The molecule has 0 aliphatic heterocycles. The molecule has 20 heavy (non-hydrogen) atoms. The molecule has 0 atom stereocenters. The van der Waals surface area contributed by atoms with Crippen LogP contribution in [0.2, 0.25) is 10.3 Å². The van der Waals surface area contributed by atoms with Crippen LogP contribution < -0.4 is 5.48 Å². The first kappa shape index (κ1) is 14.7. The number of esters is 1. The lowest BCUT2D eigenvalue weighted by molar-refractivity contribution is -0.215. The minimum Gasteiger partial charge on any atom is -0.465 e. The molecule has 0 bridgehead atoms. The van der Waals surface area contributed by atoms with Gasteiger partial charge in [-0.25, -0.2) is 25.5 Å². The highest BCUT2D eigenvalue weighted by molar-refractivity contribution is 6.40. The van der Waals surface area contributed by atoms with Crippen molar-refractivity contribution < 1.29 is 19.8 Å². The molecule has 1 aromatic heterocycles. The molecule has 2 aromatic rings. The van der Waals surface area contributed by atoms with E-state index < -0.39 is 5.97 Å². The topological polar surface area (TPSA) is 93.6 Å². The third kappa shape index (κ3) is 2.48. The Kier molecular flexibility index (Phi) is 4.24. The van der Waals surface area contributed by atoms with E-state index in [1.807, 2.05) is 0 Å². The second-order valence-corrected chi connectivity index (χ2v) is 4.50. The number of hydrogen-bond acceptors (Lipinski definition) is 7. The summed E-state index contributed by atoms with van der Waals surface area (Å²) in [6, 6.07) is 1.50. The molecule has 0 radical (unpaired) electrons. The van der Waals surface area contributed by atoms with Crippen molar-refractivity contribution in [2.75, 3.05) is 12.6 Å². The van der Waals surface area contributed by atoms with Crippen molar-refractivity contribution in [2.24, 2.45) is 0 Å². The highest BCUT2D eigenvalue weighted by Crippen LogP contribution is 2.30. The van der Waals surface area contributed by atoms with Crippen LogP contribution in [-0.2, 0) is 9.73 Å². The summed E-state index contributed by atoms with van der Waals surface area (Å²) in [4.78, 5) is 23.8. The number of methoxy groups -OCH3 is 1. The normalized spacial score (nSPS) is 10.7. The van der Waals surface area contributed by atoms with Crippen molar-refractivity contribution in [1.82, 2.24) is 9.97 Å². The predicted molar refractivity (Wildman–Crippen MR) is 73.0 cm³/mol. The quantitative estimate of drug-likeness (QED) is 0.510. The Balaban J connectivity index is 2.85. The molecule has 0 unspecified atom stereocenters. The first-order chi connectivity index (χ1) is 9.49. The number of nitrogens with zero attached hydrogens (tertiary/aromatic N) is 2. The maximum absolute atomic E-state index is 11.9. The van der Waals surface area contributed by atoms with Crippen molar-refractivity contribution in [2.45, 2.75) is 6.92 Å². The fourth-order valence-corrected chi connectivity index (χ4v) is 2.02. The number of benzene rings is 1. The second kappa shape index (κ2) is 5.76. The van der Waals surface area contributed by atoms with Gasteiger partial charge < -0.3 is 4.74 Å². The predicted octanol–water partition coefficient (Wildman–Crippen LogP) is 2.85. The molecule has 2 N–H and O–H groups in total. The first-order valence-corrected chi connectivity index (χ1v) is 6.06. The van der Waals surface area contributed by atoms with Gasteiger partial charge in [-0.2, -0.15) is 0 Å². The lowest BCUT2D eigenvalue weighted by Crippen LogP contribution is -2.10. The van der Waals surface area contributed by atoms with Gasteiger partial charge in [0, 0.05) is 0 Å². The number of ether oxygens (including phenoxy) is 1. The summed E-state index contributed by atoms with van der Waals surface area (Å²) >= 11 is 11.6.